The maximum Gasteiger partial charge on any atom is 0.373 e. The molecule has 0 bridgehead atoms. The van der Waals surface area contributed by atoms with Crippen LogP contribution in [0.2, 0.25) is 0 Å². The van der Waals surface area contributed by atoms with Crippen LogP contribution in [0.4, 0.5) is 4.79 Å². The molecule has 0 aliphatic carbocycles. The number of hydrogen-bond acceptors (Lipinski definition) is 3. The molecule has 0 fully saturated rings. The fraction of sp³-hybridized carbons (Fsp3) is 0. The van der Waals surface area contributed by atoms with Gasteiger partial charge in [-0.05, 0) is 6.58 Å². The fourth-order valence-corrected chi connectivity index (χ4v) is 0.386. The van der Waals surface area contributed by atoms with Crippen LogP contribution >= 0.6 is 22.6 Å². The summed E-state index contributed by atoms with van der Waals surface area (Å²) < 4.78 is 3.71. The lowest BCUT2D eigenvalue weighted by Gasteiger charge is -1.92. The first-order valence-electron chi connectivity index (χ1n) is 1.44. The minimum atomic E-state index is -0.467. The third-order valence-corrected chi connectivity index (χ3v) is 0.432. The Morgan fingerprint density at radius 3 is 2.29 bits per heavy atom. The predicted octanol–water partition coefficient (Wildman–Crippen LogP) is 0.988. The van der Waals surface area contributed by atoms with Crippen molar-refractivity contribution in [3.05, 3.63) is 12.5 Å². The molecule has 0 aromatic rings. The zero-order chi connectivity index (χ0) is 5.86. The summed E-state index contributed by atoms with van der Waals surface area (Å²) in [7, 11) is 0. The number of carbonyl (C=O) groups is 1. The summed E-state index contributed by atoms with van der Waals surface area (Å²) in [5, 5.41) is 0. The van der Waals surface area contributed by atoms with Crippen LogP contribution in [0.15, 0.2) is 12.5 Å². The fourth-order valence-electron chi connectivity index (χ4n) is 0.103. The van der Waals surface area contributed by atoms with Gasteiger partial charge in [-0.2, -0.15) is 0 Å². The Morgan fingerprint density at radius 1 is 1.86 bits per heavy atom. The van der Waals surface area contributed by atoms with Gasteiger partial charge in [0.25, 0.3) is 0 Å². The second kappa shape index (κ2) is 2.84. The molecule has 7 heavy (non-hydrogen) atoms. The molecule has 3 nitrogen and oxygen atoms in total. The molecule has 0 unspecified atom stereocenters. The zero-order valence-corrected chi connectivity index (χ0v) is 5.64. The van der Waals surface area contributed by atoms with Crippen molar-refractivity contribution in [1.82, 2.24) is 0 Å². The molecule has 0 aromatic heterocycles. The minimum absolute atomic E-state index is 0.0700. The molecule has 4 heteroatoms. The number of nitrogens with two attached hydrogens (primary N) is 1. The molecule has 0 aromatic carbocycles. The second-order valence-electron chi connectivity index (χ2n) is 0.806. The van der Waals surface area contributed by atoms with Crippen molar-refractivity contribution in [1.29, 1.82) is 0 Å². The summed E-state index contributed by atoms with van der Waals surface area (Å²) in [6.45, 7) is 3.13. The molecule has 0 aliphatic rings. The van der Waals surface area contributed by atoms with Crippen LogP contribution in [0.25, 0.3) is 0 Å². The van der Waals surface area contributed by atoms with E-state index in [4.69, 9.17) is 5.73 Å². The lowest BCUT2D eigenvalue weighted by molar-refractivity contribution is 0.207. The third kappa shape index (κ3) is 5.74. The van der Waals surface area contributed by atoms with Gasteiger partial charge in [-0.25, -0.2) is 4.79 Å². The SMILES string of the molecule is C=C(N)OC(=O)I. The number of rotatable bonds is 1. The molecule has 0 heterocycles. The first-order valence-corrected chi connectivity index (χ1v) is 2.52. The van der Waals surface area contributed by atoms with Gasteiger partial charge >= 0.3 is 3.98 Å². The molecule has 2 N–H and O–H groups in total. The molecular weight excluding hydrogens is 209 g/mol. The predicted molar refractivity (Wildman–Crippen MR) is 33.8 cm³/mol. The molecule has 40 valence electrons. The highest BCUT2D eigenvalue weighted by atomic mass is 127. The van der Waals surface area contributed by atoms with Crippen LogP contribution in [0.5, 0.6) is 0 Å². The van der Waals surface area contributed by atoms with E-state index in [1.165, 1.54) is 22.6 Å². The summed E-state index contributed by atoms with van der Waals surface area (Å²) in [4.78, 5) is 9.88. The van der Waals surface area contributed by atoms with Crippen molar-refractivity contribution < 1.29 is 9.53 Å². The first kappa shape index (κ1) is 6.74. The molecule has 0 spiro atoms. The summed E-state index contributed by atoms with van der Waals surface area (Å²) in [5.74, 6) is -0.0700. The van der Waals surface area contributed by atoms with Gasteiger partial charge in [-0.1, -0.05) is 0 Å². The van der Waals surface area contributed by atoms with E-state index in [2.05, 4.69) is 11.3 Å². The molecular formula is C3H4INO2. The highest BCUT2D eigenvalue weighted by molar-refractivity contribution is 14.1. The summed E-state index contributed by atoms with van der Waals surface area (Å²) in [6, 6.07) is 0. The Balaban J connectivity index is 3.32. The van der Waals surface area contributed by atoms with Crippen LogP contribution in [0.3, 0.4) is 0 Å². The van der Waals surface area contributed by atoms with Crippen LogP contribution < -0.4 is 5.73 Å². The number of halogens is 1. The Labute approximate surface area is 54.7 Å². The number of ether oxygens (including phenoxy) is 1. The molecule has 0 rings (SSSR count). The van der Waals surface area contributed by atoms with E-state index in [-0.39, 0.29) is 5.88 Å². The van der Waals surface area contributed by atoms with Gasteiger partial charge in [0, 0.05) is 0 Å². The van der Waals surface area contributed by atoms with Gasteiger partial charge in [0.2, 0.25) is 0 Å². The van der Waals surface area contributed by atoms with Gasteiger partial charge in [-0.15, -0.1) is 0 Å². The van der Waals surface area contributed by atoms with E-state index in [1.807, 2.05) is 0 Å². The summed E-state index contributed by atoms with van der Waals surface area (Å²) >= 11 is 1.46. The Morgan fingerprint density at radius 2 is 2.29 bits per heavy atom. The third-order valence-electron chi connectivity index (χ3n) is 0.211. The van der Waals surface area contributed by atoms with Crippen molar-refractivity contribution in [3.63, 3.8) is 0 Å². The lowest BCUT2D eigenvalue weighted by atomic mass is 11.0. The normalized spacial score (nSPS) is 7.57. The van der Waals surface area contributed by atoms with Crippen LogP contribution in [0.1, 0.15) is 0 Å². The monoisotopic (exact) mass is 213 g/mol. The molecule has 0 saturated heterocycles. The van der Waals surface area contributed by atoms with Crippen LogP contribution in [-0.2, 0) is 4.74 Å². The van der Waals surface area contributed by atoms with Crippen molar-refractivity contribution in [2.75, 3.05) is 0 Å². The molecule has 0 amide bonds. The second-order valence-corrected chi connectivity index (χ2v) is 1.69. The van der Waals surface area contributed by atoms with E-state index in [9.17, 15) is 4.79 Å². The zero-order valence-electron chi connectivity index (χ0n) is 3.48. The number of hydrogen-bond donors (Lipinski definition) is 1. The maximum absolute atomic E-state index is 9.88. The van der Waals surface area contributed by atoms with Gasteiger partial charge in [0.05, 0.1) is 22.6 Å². The van der Waals surface area contributed by atoms with E-state index in [0.717, 1.165) is 0 Å². The van der Waals surface area contributed by atoms with Gasteiger partial charge in [0.15, 0.2) is 5.88 Å². The van der Waals surface area contributed by atoms with E-state index in [0.29, 0.717) is 0 Å². The van der Waals surface area contributed by atoms with Gasteiger partial charge in [-0.3, -0.25) is 0 Å². The smallest absolute Gasteiger partial charge is 0.373 e. The highest BCUT2D eigenvalue weighted by Gasteiger charge is 1.91. The largest absolute Gasteiger partial charge is 0.403 e. The number of carbonyl (C=O) groups excluding carboxylic acids is 1. The van der Waals surface area contributed by atoms with Crippen molar-refractivity contribution in [2.45, 2.75) is 0 Å². The first-order chi connectivity index (χ1) is 3.13. The highest BCUT2D eigenvalue weighted by Crippen LogP contribution is 1.93. The van der Waals surface area contributed by atoms with Crippen molar-refractivity contribution in [2.24, 2.45) is 5.73 Å². The van der Waals surface area contributed by atoms with Crippen LogP contribution in [-0.4, -0.2) is 3.98 Å². The quantitative estimate of drug-likeness (QED) is 0.401. The van der Waals surface area contributed by atoms with Crippen LogP contribution in [0, 0.1) is 0 Å². The van der Waals surface area contributed by atoms with E-state index >= 15 is 0 Å². The standard InChI is InChI=1S/C3H4INO2/c1-2(5)7-3(4)6/h1,5H2. The van der Waals surface area contributed by atoms with Gasteiger partial charge < -0.3 is 10.5 Å². The molecule has 0 atom stereocenters. The van der Waals surface area contributed by atoms with Crippen molar-refractivity contribution >= 4 is 26.6 Å². The average Bonchev–Trinajstić information content (AvgIpc) is 1.27. The van der Waals surface area contributed by atoms with E-state index < -0.39 is 3.98 Å². The Kier molecular flexibility index (Phi) is 2.73. The summed E-state index contributed by atoms with van der Waals surface area (Å²) in [6.07, 6.45) is 0. The molecule has 0 aliphatic heterocycles. The van der Waals surface area contributed by atoms with Crippen molar-refractivity contribution in [3.8, 4) is 0 Å². The molecule has 0 radical (unpaired) electrons. The Bertz CT molecular complexity index is 89.1. The molecule has 0 saturated carbocycles. The topological polar surface area (TPSA) is 52.3 Å². The summed E-state index contributed by atoms with van der Waals surface area (Å²) in [5.41, 5.74) is 4.85. The average molecular weight is 213 g/mol. The van der Waals surface area contributed by atoms with Gasteiger partial charge in [0.1, 0.15) is 0 Å². The minimum Gasteiger partial charge on any atom is -0.403 e. The lowest BCUT2D eigenvalue weighted by Crippen LogP contribution is -2.00. The Hall–Kier alpha value is -0.260. The van der Waals surface area contributed by atoms with E-state index in [1.54, 1.807) is 0 Å². The maximum atomic E-state index is 9.88.